The van der Waals surface area contributed by atoms with E-state index in [-0.39, 0.29) is 11.2 Å². The van der Waals surface area contributed by atoms with Crippen molar-refractivity contribution >= 4 is 18.2 Å². The fourth-order valence-corrected chi connectivity index (χ4v) is 2.98. The van der Waals surface area contributed by atoms with E-state index in [1.54, 1.807) is 0 Å². The minimum Gasteiger partial charge on any atom is -0.483 e. The molecule has 0 unspecified atom stereocenters. The molecule has 0 bridgehead atoms. The Bertz CT molecular complexity index is 671. The van der Waals surface area contributed by atoms with E-state index in [1.165, 1.54) is 4.90 Å². The van der Waals surface area contributed by atoms with Crippen LogP contribution in [0.1, 0.15) is 26.3 Å². The Morgan fingerprint density at radius 3 is 2.39 bits per heavy atom. The van der Waals surface area contributed by atoms with Crippen LogP contribution in [0.2, 0.25) is 0 Å². The van der Waals surface area contributed by atoms with Crippen LogP contribution < -0.4 is 0 Å². The minimum absolute atomic E-state index is 0.164. The third-order valence-corrected chi connectivity index (χ3v) is 3.93. The van der Waals surface area contributed by atoms with Crippen molar-refractivity contribution < 1.29 is 9.90 Å². The molecule has 0 saturated carbocycles. The predicted molar refractivity (Wildman–Crippen MR) is 93.3 cm³/mol. The third-order valence-electron chi connectivity index (χ3n) is 2.75. The van der Waals surface area contributed by atoms with Gasteiger partial charge in [-0.1, -0.05) is 45.0 Å². The van der Waals surface area contributed by atoms with E-state index in [0.717, 1.165) is 16.7 Å². The normalized spacial score (nSPS) is 10.2. The molecule has 4 nitrogen and oxygen atoms in total. The summed E-state index contributed by atoms with van der Waals surface area (Å²) in [4.78, 5) is 13.8. The maximum absolute atomic E-state index is 8.71. The van der Waals surface area contributed by atoms with Crippen LogP contribution in [0, 0.1) is 11.3 Å². The number of thioether (sulfide) groups is 1. The number of nitrogens with zero attached hydrogens (tertiary/aromatic N) is 2. The first kappa shape index (κ1) is 18.7. The summed E-state index contributed by atoms with van der Waals surface area (Å²) in [6.45, 7) is 6.37. The number of carboxylic acid groups (broad SMARTS) is 1. The number of nitriles is 1. The van der Waals surface area contributed by atoms with Gasteiger partial charge < -0.3 is 5.11 Å². The second-order valence-corrected chi connectivity index (χ2v) is 7.59. The monoisotopic (exact) mass is 328 g/mol. The van der Waals surface area contributed by atoms with E-state index in [0.29, 0.717) is 6.42 Å². The molecule has 5 heteroatoms. The number of aromatic nitrogens is 1. The van der Waals surface area contributed by atoms with Gasteiger partial charge in [-0.3, -0.25) is 9.78 Å². The molecule has 1 heterocycles. The lowest BCUT2D eigenvalue weighted by Gasteiger charge is -2.19. The topological polar surface area (TPSA) is 74.0 Å². The zero-order valence-corrected chi connectivity index (χ0v) is 14.3. The molecular formula is C18H20N2O2S. The van der Waals surface area contributed by atoms with Crippen LogP contribution in [-0.2, 0) is 11.2 Å². The molecule has 0 aliphatic carbocycles. The van der Waals surface area contributed by atoms with E-state index in [4.69, 9.17) is 15.2 Å². The standard InChI is InChI=1S/C17H18N2S.CH2O2/c1-17(2,3)20-16-9-11-19-12-15(16)14-6-4-13(5-7-14)8-10-18;2-1-3/h4-7,9,11-12H,8H2,1-3H3;1H,(H,2,3). The number of hydrogen-bond acceptors (Lipinski definition) is 4. The summed E-state index contributed by atoms with van der Waals surface area (Å²) in [6.07, 6.45) is 4.20. The second kappa shape index (κ2) is 8.96. The molecule has 0 atom stereocenters. The van der Waals surface area contributed by atoms with Crippen molar-refractivity contribution in [2.24, 2.45) is 0 Å². The van der Waals surface area contributed by atoms with Gasteiger partial charge in [0.05, 0.1) is 12.5 Å². The summed E-state index contributed by atoms with van der Waals surface area (Å²) in [5.74, 6) is 0. The van der Waals surface area contributed by atoms with Crippen molar-refractivity contribution in [3.8, 4) is 17.2 Å². The van der Waals surface area contributed by atoms with Gasteiger partial charge >= 0.3 is 0 Å². The molecule has 0 aliphatic heterocycles. The van der Waals surface area contributed by atoms with Crippen LogP contribution in [0.3, 0.4) is 0 Å². The smallest absolute Gasteiger partial charge is 0.290 e. The van der Waals surface area contributed by atoms with E-state index in [1.807, 2.05) is 36.3 Å². The van der Waals surface area contributed by atoms with Crippen LogP contribution in [0.5, 0.6) is 0 Å². The van der Waals surface area contributed by atoms with Gasteiger partial charge in [-0.25, -0.2) is 0 Å². The average Bonchev–Trinajstić information content (AvgIpc) is 2.48. The van der Waals surface area contributed by atoms with E-state index in [9.17, 15) is 0 Å². The minimum atomic E-state index is -0.250. The molecule has 0 saturated heterocycles. The van der Waals surface area contributed by atoms with Gasteiger partial charge in [0.2, 0.25) is 0 Å². The highest BCUT2D eigenvalue weighted by Crippen LogP contribution is 2.37. The van der Waals surface area contributed by atoms with Crippen molar-refractivity contribution in [1.82, 2.24) is 4.98 Å². The van der Waals surface area contributed by atoms with Crippen molar-refractivity contribution in [1.29, 1.82) is 5.26 Å². The Balaban J connectivity index is 0.000000816. The largest absolute Gasteiger partial charge is 0.483 e. The molecule has 1 aromatic heterocycles. The first-order chi connectivity index (χ1) is 10.9. The maximum atomic E-state index is 8.71. The zero-order valence-electron chi connectivity index (χ0n) is 13.5. The summed E-state index contributed by atoms with van der Waals surface area (Å²) in [5, 5.41) is 15.6. The van der Waals surface area contributed by atoms with Gasteiger partial charge in [-0.05, 0) is 17.2 Å². The van der Waals surface area contributed by atoms with Gasteiger partial charge in [0.15, 0.2) is 0 Å². The Morgan fingerprint density at radius 2 is 1.87 bits per heavy atom. The number of benzene rings is 1. The first-order valence-electron chi connectivity index (χ1n) is 7.08. The molecule has 0 radical (unpaired) electrons. The third kappa shape index (κ3) is 6.54. The Kier molecular flexibility index (Phi) is 7.30. The molecule has 0 fully saturated rings. The molecule has 2 rings (SSSR count). The molecule has 1 aromatic carbocycles. The molecule has 0 spiro atoms. The molecule has 23 heavy (non-hydrogen) atoms. The van der Waals surface area contributed by atoms with Crippen LogP contribution in [0.25, 0.3) is 11.1 Å². The molecule has 0 amide bonds. The summed E-state index contributed by atoms with van der Waals surface area (Å²) >= 11 is 1.84. The summed E-state index contributed by atoms with van der Waals surface area (Å²) in [6, 6.07) is 12.4. The van der Waals surface area contributed by atoms with E-state index >= 15 is 0 Å². The number of pyridine rings is 1. The van der Waals surface area contributed by atoms with Gasteiger partial charge in [-0.15, -0.1) is 11.8 Å². The highest BCUT2D eigenvalue weighted by molar-refractivity contribution is 8.00. The predicted octanol–water partition coefficient (Wildman–Crippen LogP) is 4.41. The van der Waals surface area contributed by atoms with Crippen molar-refractivity contribution in [2.75, 3.05) is 0 Å². The van der Waals surface area contributed by atoms with Crippen LogP contribution in [0.15, 0.2) is 47.6 Å². The fourth-order valence-electron chi connectivity index (χ4n) is 1.91. The zero-order chi connectivity index (χ0) is 17.3. The molecule has 0 aliphatic rings. The van der Waals surface area contributed by atoms with Crippen molar-refractivity contribution in [2.45, 2.75) is 36.8 Å². The number of rotatable bonds is 3. The summed E-state index contributed by atoms with van der Waals surface area (Å²) in [5.41, 5.74) is 3.34. The quantitative estimate of drug-likeness (QED) is 0.667. The number of hydrogen-bond donors (Lipinski definition) is 1. The van der Waals surface area contributed by atoms with E-state index < -0.39 is 0 Å². The average molecular weight is 328 g/mol. The van der Waals surface area contributed by atoms with Crippen LogP contribution in [-0.4, -0.2) is 21.3 Å². The van der Waals surface area contributed by atoms with Crippen LogP contribution >= 0.6 is 11.8 Å². The van der Waals surface area contributed by atoms with Crippen molar-refractivity contribution in [3.63, 3.8) is 0 Å². The highest BCUT2D eigenvalue weighted by atomic mass is 32.2. The maximum Gasteiger partial charge on any atom is 0.290 e. The number of carbonyl (C=O) groups is 1. The van der Waals surface area contributed by atoms with Crippen LogP contribution in [0.4, 0.5) is 0 Å². The van der Waals surface area contributed by atoms with E-state index in [2.05, 4.69) is 50.0 Å². The SMILES string of the molecule is CC(C)(C)Sc1ccncc1-c1ccc(CC#N)cc1.O=CO. The lowest BCUT2D eigenvalue weighted by Crippen LogP contribution is -2.07. The molecule has 120 valence electrons. The first-order valence-corrected chi connectivity index (χ1v) is 7.90. The Hall–Kier alpha value is -2.32. The molecule has 1 N–H and O–H groups in total. The molecular weight excluding hydrogens is 308 g/mol. The lowest BCUT2D eigenvalue weighted by molar-refractivity contribution is -0.122. The Labute approximate surface area is 141 Å². The van der Waals surface area contributed by atoms with Gasteiger partial charge in [0.25, 0.3) is 6.47 Å². The second-order valence-electron chi connectivity index (χ2n) is 5.72. The summed E-state index contributed by atoms with van der Waals surface area (Å²) < 4.78 is 0.164. The fraction of sp³-hybridized carbons (Fsp3) is 0.278. The van der Waals surface area contributed by atoms with Gasteiger partial charge in [0, 0.05) is 27.6 Å². The Morgan fingerprint density at radius 1 is 1.26 bits per heavy atom. The summed E-state index contributed by atoms with van der Waals surface area (Å²) in [7, 11) is 0. The van der Waals surface area contributed by atoms with Crippen molar-refractivity contribution in [3.05, 3.63) is 48.3 Å². The highest BCUT2D eigenvalue weighted by Gasteiger charge is 2.15. The lowest BCUT2D eigenvalue weighted by atomic mass is 10.0. The van der Waals surface area contributed by atoms with Gasteiger partial charge in [-0.2, -0.15) is 5.26 Å². The van der Waals surface area contributed by atoms with Gasteiger partial charge in [0.1, 0.15) is 0 Å². The molecule has 2 aromatic rings.